The van der Waals surface area contributed by atoms with E-state index >= 15 is 0 Å². The van der Waals surface area contributed by atoms with Crippen LogP contribution in [0, 0.1) is 5.92 Å². The number of hydrogen-bond acceptors (Lipinski definition) is 3. The van der Waals surface area contributed by atoms with E-state index in [2.05, 4.69) is 5.32 Å². The highest BCUT2D eigenvalue weighted by Crippen LogP contribution is 2.23. The molecule has 1 saturated carbocycles. The Labute approximate surface area is 98.9 Å². The molecule has 0 aliphatic heterocycles. The van der Waals surface area contributed by atoms with Crippen LogP contribution in [-0.4, -0.2) is 28.9 Å². The first-order valence-electron chi connectivity index (χ1n) is 5.50. The Balaban J connectivity index is 2.33. The van der Waals surface area contributed by atoms with E-state index in [1.54, 1.807) is 0 Å². The van der Waals surface area contributed by atoms with Crippen LogP contribution in [0.4, 0.5) is 0 Å². The van der Waals surface area contributed by atoms with Gasteiger partial charge in [0.2, 0.25) is 11.8 Å². The van der Waals surface area contributed by atoms with Gasteiger partial charge in [0.1, 0.15) is 0 Å². The van der Waals surface area contributed by atoms with Crippen LogP contribution in [0.2, 0.25) is 0 Å². The van der Waals surface area contributed by atoms with E-state index in [4.69, 9.17) is 10.8 Å². The number of amides is 2. The maximum atomic E-state index is 11.3. The quantitative estimate of drug-likeness (QED) is 0.590. The lowest BCUT2D eigenvalue weighted by molar-refractivity contribution is -0.131. The Morgan fingerprint density at radius 3 is 2.18 bits per heavy atom. The second-order valence-electron chi connectivity index (χ2n) is 4.13. The largest absolute Gasteiger partial charge is 0.478 e. The first-order valence-corrected chi connectivity index (χ1v) is 5.50. The van der Waals surface area contributed by atoms with Gasteiger partial charge in [-0.1, -0.05) is 0 Å². The van der Waals surface area contributed by atoms with Crippen molar-refractivity contribution >= 4 is 17.8 Å². The number of nitrogens with two attached hydrogens (primary N) is 1. The number of carbonyl (C=O) groups is 3. The molecule has 0 aromatic rings. The van der Waals surface area contributed by atoms with Crippen molar-refractivity contribution in [1.82, 2.24) is 5.32 Å². The van der Waals surface area contributed by atoms with Gasteiger partial charge in [-0.3, -0.25) is 9.59 Å². The molecule has 0 unspecified atom stereocenters. The molecule has 2 amide bonds. The molecular formula is C11H16N2O4. The molecule has 0 spiro atoms. The molecule has 0 radical (unpaired) electrons. The highest BCUT2D eigenvalue weighted by molar-refractivity contribution is 5.94. The van der Waals surface area contributed by atoms with E-state index in [-0.39, 0.29) is 17.9 Å². The van der Waals surface area contributed by atoms with Crippen molar-refractivity contribution in [3.05, 3.63) is 12.2 Å². The fraction of sp³-hybridized carbons (Fsp3) is 0.545. The van der Waals surface area contributed by atoms with Gasteiger partial charge in [-0.15, -0.1) is 0 Å². The molecule has 17 heavy (non-hydrogen) atoms. The smallest absolute Gasteiger partial charge is 0.328 e. The van der Waals surface area contributed by atoms with Crippen molar-refractivity contribution in [3.8, 4) is 0 Å². The highest BCUT2D eigenvalue weighted by atomic mass is 16.4. The zero-order valence-corrected chi connectivity index (χ0v) is 9.39. The highest BCUT2D eigenvalue weighted by Gasteiger charge is 2.24. The number of carbonyl (C=O) groups excluding carboxylic acids is 2. The molecule has 1 aliphatic rings. The fourth-order valence-corrected chi connectivity index (χ4v) is 1.92. The average molecular weight is 240 g/mol. The van der Waals surface area contributed by atoms with Gasteiger partial charge in [0.05, 0.1) is 0 Å². The van der Waals surface area contributed by atoms with Gasteiger partial charge in [-0.25, -0.2) is 4.79 Å². The van der Waals surface area contributed by atoms with Crippen LogP contribution in [0.25, 0.3) is 0 Å². The first-order chi connectivity index (χ1) is 7.99. The number of aliphatic carboxylic acids is 1. The third kappa shape index (κ3) is 4.67. The first kappa shape index (κ1) is 13.2. The lowest BCUT2D eigenvalue weighted by Gasteiger charge is -2.26. The Morgan fingerprint density at radius 1 is 1.12 bits per heavy atom. The van der Waals surface area contributed by atoms with Crippen LogP contribution in [0.1, 0.15) is 25.7 Å². The number of hydrogen-bond donors (Lipinski definition) is 3. The maximum absolute atomic E-state index is 11.3. The van der Waals surface area contributed by atoms with Gasteiger partial charge < -0.3 is 16.2 Å². The molecule has 0 saturated heterocycles. The van der Waals surface area contributed by atoms with Crippen LogP contribution in [0.15, 0.2) is 12.2 Å². The SMILES string of the molecule is NC(=O)C1CCC(NC(=O)/C=C/C(=O)O)CC1. The lowest BCUT2D eigenvalue weighted by Crippen LogP contribution is -2.39. The number of primary amides is 1. The molecule has 1 aliphatic carbocycles. The van der Waals surface area contributed by atoms with Crippen molar-refractivity contribution in [1.29, 1.82) is 0 Å². The van der Waals surface area contributed by atoms with Gasteiger partial charge >= 0.3 is 5.97 Å². The van der Waals surface area contributed by atoms with Crippen molar-refractivity contribution in [2.45, 2.75) is 31.7 Å². The standard InChI is InChI=1S/C11H16N2O4/c12-11(17)7-1-3-8(4-2-7)13-9(14)5-6-10(15)16/h5-8H,1-4H2,(H2,12,17)(H,13,14)(H,15,16)/b6-5+. The molecule has 0 aromatic carbocycles. The fourth-order valence-electron chi connectivity index (χ4n) is 1.92. The van der Waals surface area contributed by atoms with Crippen molar-refractivity contribution in [2.75, 3.05) is 0 Å². The monoisotopic (exact) mass is 240 g/mol. The molecule has 0 heterocycles. The topological polar surface area (TPSA) is 109 Å². The minimum atomic E-state index is -1.16. The van der Waals surface area contributed by atoms with Gasteiger partial charge in [-0.05, 0) is 25.7 Å². The summed E-state index contributed by atoms with van der Waals surface area (Å²) in [6.45, 7) is 0. The second kappa shape index (κ2) is 6.03. The Hall–Kier alpha value is -1.85. The van der Waals surface area contributed by atoms with E-state index in [1.165, 1.54) is 0 Å². The maximum Gasteiger partial charge on any atom is 0.328 e. The van der Waals surface area contributed by atoms with Gasteiger partial charge in [0, 0.05) is 24.1 Å². The molecule has 94 valence electrons. The number of carboxylic acids is 1. The van der Waals surface area contributed by atoms with Crippen LogP contribution >= 0.6 is 0 Å². The normalized spacial score (nSPS) is 24.5. The molecule has 1 fully saturated rings. The predicted molar refractivity (Wildman–Crippen MR) is 59.9 cm³/mol. The van der Waals surface area contributed by atoms with E-state index in [0.717, 1.165) is 12.2 Å². The summed E-state index contributed by atoms with van der Waals surface area (Å²) in [5, 5.41) is 11.0. The summed E-state index contributed by atoms with van der Waals surface area (Å²) in [5.74, 6) is -1.97. The molecule has 4 N–H and O–H groups in total. The third-order valence-corrected chi connectivity index (χ3v) is 2.85. The number of carboxylic acid groups (broad SMARTS) is 1. The van der Waals surface area contributed by atoms with E-state index in [0.29, 0.717) is 25.7 Å². The molecule has 1 rings (SSSR count). The van der Waals surface area contributed by atoms with E-state index < -0.39 is 11.9 Å². The zero-order valence-electron chi connectivity index (χ0n) is 9.39. The summed E-state index contributed by atoms with van der Waals surface area (Å²) in [6.07, 6.45) is 4.51. The van der Waals surface area contributed by atoms with E-state index in [1.807, 2.05) is 0 Å². The summed E-state index contributed by atoms with van der Waals surface area (Å²) in [4.78, 5) is 32.4. The molecule has 6 heteroatoms. The van der Waals surface area contributed by atoms with Crippen LogP contribution in [-0.2, 0) is 14.4 Å². The number of rotatable bonds is 4. The summed E-state index contributed by atoms with van der Waals surface area (Å²) in [7, 11) is 0. The molecule has 6 nitrogen and oxygen atoms in total. The zero-order chi connectivity index (χ0) is 12.8. The number of nitrogens with one attached hydrogen (secondary N) is 1. The molecule has 0 bridgehead atoms. The lowest BCUT2D eigenvalue weighted by atomic mass is 9.85. The van der Waals surface area contributed by atoms with Crippen molar-refractivity contribution in [2.24, 2.45) is 11.7 Å². The third-order valence-electron chi connectivity index (χ3n) is 2.85. The van der Waals surface area contributed by atoms with E-state index in [9.17, 15) is 14.4 Å². The summed E-state index contributed by atoms with van der Waals surface area (Å²) < 4.78 is 0. The average Bonchev–Trinajstić information content (AvgIpc) is 2.27. The van der Waals surface area contributed by atoms with Crippen LogP contribution in [0.3, 0.4) is 0 Å². The Bertz CT molecular complexity index is 343. The van der Waals surface area contributed by atoms with Crippen LogP contribution < -0.4 is 11.1 Å². The summed E-state index contributed by atoms with van der Waals surface area (Å²) >= 11 is 0. The minimum absolute atomic E-state index is 0.00320. The van der Waals surface area contributed by atoms with Gasteiger partial charge in [0.15, 0.2) is 0 Å². The second-order valence-corrected chi connectivity index (χ2v) is 4.13. The Morgan fingerprint density at radius 2 is 1.71 bits per heavy atom. The van der Waals surface area contributed by atoms with Crippen molar-refractivity contribution in [3.63, 3.8) is 0 Å². The van der Waals surface area contributed by atoms with Gasteiger partial charge in [0.25, 0.3) is 0 Å². The molecule has 0 atom stereocenters. The summed E-state index contributed by atoms with van der Waals surface area (Å²) in [5.41, 5.74) is 5.19. The van der Waals surface area contributed by atoms with Crippen LogP contribution in [0.5, 0.6) is 0 Å². The Kier molecular flexibility index (Phi) is 4.68. The molecule has 0 aromatic heterocycles. The predicted octanol–water partition coefficient (Wildman–Crippen LogP) is -0.213. The summed E-state index contributed by atoms with van der Waals surface area (Å²) in [6, 6.07) is -0.00320. The van der Waals surface area contributed by atoms with Gasteiger partial charge in [-0.2, -0.15) is 0 Å². The van der Waals surface area contributed by atoms with Crippen molar-refractivity contribution < 1.29 is 19.5 Å². The molecular weight excluding hydrogens is 224 g/mol. The minimum Gasteiger partial charge on any atom is -0.478 e.